The molecule has 0 radical (unpaired) electrons. The van der Waals surface area contributed by atoms with Crippen molar-refractivity contribution in [2.75, 3.05) is 0 Å². The molecule has 0 aliphatic heterocycles. The third-order valence-corrected chi connectivity index (χ3v) is 4.40. The van der Waals surface area contributed by atoms with Crippen LogP contribution >= 0.6 is 0 Å². The van der Waals surface area contributed by atoms with Gasteiger partial charge in [0.15, 0.2) is 11.3 Å². The highest BCUT2D eigenvalue weighted by Gasteiger charge is 2.22. The van der Waals surface area contributed by atoms with E-state index in [2.05, 4.69) is 4.98 Å². The number of alkyl halides is 2. The molecule has 1 fully saturated rings. The van der Waals surface area contributed by atoms with E-state index in [1.54, 1.807) is 0 Å². The van der Waals surface area contributed by atoms with Crippen molar-refractivity contribution in [3.8, 4) is 0 Å². The van der Waals surface area contributed by atoms with Crippen LogP contribution in [0.3, 0.4) is 0 Å². The zero-order valence-corrected chi connectivity index (χ0v) is 12.5. The van der Waals surface area contributed by atoms with Crippen LogP contribution in [0.2, 0.25) is 0 Å². The topological polar surface area (TPSA) is 89.8 Å². The molecule has 9 heteroatoms. The fraction of sp³-hybridized carbons (Fsp3) is 0.571. The van der Waals surface area contributed by atoms with Gasteiger partial charge in [0.1, 0.15) is 5.52 Å². The quantitative estimate of drug-likeness (QED) is 0.904. The monoisotopic (exact) mass is 326 g/mol. The van der Waals surface area contributed by atoms with Crippen LogP contribution < -0.4 is 16.8 Å². The predicted molar refractivity (Wildman–Crippen MR) is 78.8 cm³/mol. The molecule has 0 spiro atoms. The summed E-state index contributed by atoms with van der Waals surface area (Å²) < 4.78 is 27.5. The first-order valence-electron chi connectivity index (χ1n) is 7.42. The zero-order chi connectivity index (χ0) is 16.7. The summed E-state index contributed by atoms with van der Waals surface area (Å²) >= 11 is 0. The van der Waals surface area contributed by atoms with E-state index in [-0.39, 0.29) is 12.1 Å². The summed E-state index contributed by atoms with van der Waals surface area (Å²) in [5.74, 6) is -0.384. The molecule has 0 atom stereocenters. The molecule has 2 heterocycles. The summed E-state index contributed by atoms with van der Waals surface area (Å²) in [6.45, 7) is 0.257. The Hall–Kier alpha value is -2.32. The average Bonchev–Trinajstić information content (AvgIpc) is 2.46. The lowest BCUT2D eigenvalue weighted by molar-refractivity contribution is 0.140. The molecule has 2 aromatic heterocycles. The summed E-state index contributed by atoms with van der Waals surface area (Å²) in [5, 5.41) is 0. The molecule has 0 amide bonds. The number of aromatic amines is 1. The highest BCUT2D eigenvalue weighted by atomic mass is 19.3. The van der Waals surface area contributed by atoms with Gasteiger partial charge in [-0.05, 0) is 12.3 Å². The maximum atomic E-state index is 12.8. The standard InChI is InChI=1S/C14H16F2N4O3/c1-19-13(22)8-9(12(21)18-11(17-8)10(15)16)20(14(19)23)6-5-7-3-2-4-7/h7,10H,2-6H2,1H3,(H,17,18,21). The maximum absolute atomic E-state index is 12.8. The van der Waals surface area contributed by atoms with E-state index in [1.165, 1.54) is 7.05 Å². The fourth-order valence-electron chi connectivity index (χ4n) is 2.81. The van der Waals surface area contributed by atoms with Crippen LogP contribution in [0.5, 0.6) is 0 Å². The van der Waals surface area contributed by atoms with Gasteiger partial charge >= 0.3 is 5.69 Å². The van der Waals surface area contributed by atoms with Crippen molar-refractivity contribution in [3.63, 3.8) is 0 Å². The summed E-state index contributed by atoms with van der Waals surface area (Å²) in [6, 6.07) is 0. The van der Waals surface area contributed by atoms with E-state index in [0.29, 0.717) is 12.3 Å². The Labute approximate surface area is 128 Å². The summed E-state index contributed by atoms with van der Waals surface area (Å²) in [4.78, 5) is 42.1. The van der Waals surface area contributed by atoms with Gasteiger partial charge in [-0.2, -0.15) is 0 Å². The molecule has 7 nitrogen and oxygen atoms in total. The second kappa shape index (κ2) is 5.71. The van der Waals surface area contributed by atoms with Crippen molar-refractivity contribution in [1.82, 2.24) is 19.1 Å². The minimum Gasteiger partial charge on any atom is -0.304 e. The number of hydrogen-bond acceptors (Lipinski definition) is 4. The van der Waals surface area contributed by atoms with Gasteiger partial charge in [0.2, 0.25) is 0 Å². The van der Waals surface area contributed by atoms with Gasteiger partial charge in [0.25, 0.3) is 17.5 Å². The van der Waals surface area contributed by atoms with Crippen LogP contribution in [0.25, 0.3) is 11.0 Å². The molecule has 124 valence electrons. The molecule has 0 unspecified atom stereocenters. The first-order chi connectivity index (χ1) is 10.9. The Morgan fingerprint density at radius 2 is 2.00 bits per heavy atom. The molecule has 2 aromatic rings. The van der Waals surface area contributed by atoms with Crippen molar-refractivity contribution in [1.29, 1.82) is 0 Å². The average molecular weight is 326 g/mol. The molecule has 1 saturated carbocycles. The first kappa shape index (κ1) is 15.6. The highest BCUT2D eigenvalue weighted by molar-refractivity contribution is 5.72. The molecule has 23 heavy (non-hydrogen) atoms. The Morgan fingerprint density at radius 3 is 2.57 bits per heavy atom. The fourth-order valence-corrected chi connectivity index (χ4v) is 2.81. The maximum Gasteiger partial charge on any atom is 0.331 e. The van der Waals surface area contributed by atoms with E-state index in [4.69, 9.17) is 0 Å². The number of aromatic nitrogens is 4. The molecular formula is C14H16F2N4O3. The van der Waals surface area contributed by atoms with Gasteiger partial charge in [0.05, 0.1) is 0 Å². The van der Waals surface area contributed by atoms with E-state index in [1.807, 2.05) is 4.98 Å². The molecule has 1 aliphatic carbocycles. The number of rotatable bonds is 4. The molecule has 1 N–H and O–H groups in total. The first-order valence-corrected chi connectivity index (χ1v) is 7.42. The smallest absolute Gasteiger partial charge is 0.304 e. The highest BCUT2D eigenvalue weighted by Crippen LogP contribution is 2.29. The minimum absolute atomic E-state index is 0.234. The Morgan fingerprint density at radius 1 is 1.30 bits per heavy atom. The van der Waals surface area contributed by atoms with Crippen LogP contribution in [0, 0.1) is 5.92 Å². The van der Waals surface area contributed by atoms with E-state index in [9.17, 15) is 23.2 Å². The molecule has 0 aromatic carbocycles. The molecule has 0 bridgehead atoms. The lowest BCUT2D eigenvalue weighted by Gasteiger charge is -2.25. The van der Waals surface area contributed by atoms with Gasteiger partial charge in [0, 0.05) is 13.6 Å². The van der Waals surface area contributed by atoms with Crippen LogP contribution in [0.4, 0.5) is 8.78 Å². The number of fused-ring (bicyclic) bond motifs is 1. The predicted octanol–water partition coefficient (Wildman–Crippen LogP) is 0.911. The zero-order valence-electron chi connectivity index (χ0n) is 12.5. The lowest BCUT2D eigenvalue weighted by atomic mass is 9.83. The summed E-state index contributed by atoms with van der Waals surface area (Å²) in [6.07, 6.45) is 0.981. The summed E-state index contributed by atoms with van der Waals surface area (Å²) in [5.41, 5.74) is -3.02. The van der Waals surface area contributed by atoms with Crippen molar-refractivity contribution in [2.24, 2.45) is 13.0 Å². The molecule has 1 aliphatic rings. The summed E-state index contributed by atoms with van der Waals surface area (Å²) in [7, 11) is 1.24. The molecule has 0 saturated heterocycles. The third-order valence-electron chi connectivity index (χ3n) is 4.40. The molecular weight excluding hydrogens is 310 g/mol. The molecule has 3 rings (SSSR count). The largest absolute Gasteiger partial charge is 0.331 e. The van der Waals surface area contributed by atoms with E-state index >= 15 is 0 Å². The minimum atomic E-state index is -3.01. The third kappa shape index (κ3) is 2.60. The van der Waals surface area contributed by atoms with Crippen LogP contribution in [-0.4, -0.2) is 19.1 Å². The van der Waals surface area contributed by atoms with Crippen molar-refractivity contribution in [3.05, 3.63) is 37.0 Å². The number of nitrogens with one attached hydrogen (secondary N) is 1. The second-order valence-electron chi connectivity index (χ2n) is 5.83. The van der Waals surface area contributed by atoms with Crippen LogP contribution in [0.1, 0.15) is 37.9 Å². The van der Waals surface area contributed by atoms with Crippen molar-refractivity contribution < 1.29 is 8.78 Å². The SMILES string of the molecule is Cn1c(=O)c2nc(C(F)F)[nH]c(=O)c2n(CCC2CCC2)c1=O. The van der Waals surface area contributed by atoms with Crippen molar-refractivity contribution >= 4 is 11.0 Å². The van der Waals surface area contributed by atoms with Gasteiger partial charge in [-0.25, -0.2) is 18.6 Å². The van der Waals surface area contributed by atoms with Gasteiger partial charge in [-0.1, -0.05) is 19.3 Å². The number of halogens is 2. The van der Waals surface area contributed by atoms with Gasteiger partial charge in [-0.15, -0.1) is 0 Å². The lowest BCUT2D eigenvalue weighted by Crippen LogP contribution is -2.41. The van der Waals surface area contributed by atoms with Crippen molar-refractivity contribution in [2.45, 2.75) is 38.7 Å². The Balaban J connectivity index is 2.23. The van der Waals surface area contributed by atoms with E-state index < -0.39 is 34.6 Å². The number of hydrogen-bond donors (Lipinski definition) is 1. The number of H-pyrrole nitrogens is 1. The van der Waals surface area contributed by atoms with Crippen LogP contribution in [0.15, 0.2) is 14.4 Å². The van der Waals surface area contributed by atoms with E-state index in [0.717, 1.165) is 28.4 Å². The van der Waals surface area contributed by atoms with Gasteiger partial charge < -0.3 is 4.98 Å². The van der Waals surface area contributed by atoms with Crippen LogP contribution in [-0.2, 0) is 13.6 Å². The normalized spacial score (nSPS) is 15.3. The second-order valence-corrected chi connectivity index (χ2v) is 5.83. The Kier molecular flexibility index (Phi) is 3.87. The number of aryl methyl sites for hydroxylation is 1. The Bertz CT molecular complexity index is 924. The van der Waals surface area contributed by atoms with Gasteiger partial charge in [-0.3, -0.25) is 18.7 Å². The number of nitrogens with zero attached hydrogens (tertiary/aromatic N) is 3.